The zero-order valence-corrected chi connectivity index (χ0v) is 15.3. The van der Waals surface area contributed by atoms with Crippen molar-refractivity contribution in [1.82, 2.24) is 25.9 Å². The summed E-state index contributed by atoms with van der Waals surface area (Å²) in [6.45, 7) is 7.40. The maximum atomic E-state index is 12.4. The highest BCUT2D eigenvalue weighted by Crippen LogP contribution is 2.29. The van der Waals surface area contributed by atoms with Gasteiger partial charge < -0.3 is 24.4 Å². The van der Waals surface area contributed by atoms with Gasteiger partial charge in [0.15, 0.2) is 11.6 Å². The molecule has 3 rings (SSSR count). The smallest absolute Gasteiger partial charge is 0.315 e. The van der Waals surface area contributed by atoms with Gasteiger partial charge in [0.2, 0.25) is 5.89 Å². The molecule has 0 radical (unpaired) electrons. The Kier molecular flexibility index (Phi) is 5.87. The van der Waals surface area contributed by atoms with Crippen LogP contribution in [0.3, 0.4) is 0 Å². The van der Waals surface area contributed by atoms with Crippen molar-refractivity contribution in [3.05, 3.63) is 29.2 Å². The van der Waals surface area contributed by atoms with Gasteiger partial charge in [-0.15, -0.1) is 0 Å². The highest BCUT2D eigenvalue weighted by Gasteiger charge is 2.31. The third-order valence-corrected chi connectivity index (χ3v) is 4.36. The van der Waals surface area contributed by atoms with Crippen LogP contribution in [-0.4, -0.2) is 34.5 Å². The highest BCUT2D eigenvalue weighted by atomic mass is 16.5. The molecule has 0 aromatic carbocycles. The first kappa shape index (κ1) is 18.4. The van der Waals surface area contributed by atoms with E-state index in [1.807, 2.05) is 20.8 Å². The quantitative estimate of drug-likeness (QED) is 0.810. The Bertz CT molecular complexity index is 720. The molecule has 142 valence electrons. The Labute approximate surface area is 151 Å². The molecule has 26 heavy (non-hydrogen) atoms. The molecule has 0 saturated carbocycles. The van der Waals surface area contributed by atoms with Crippen molar-refractivity contribution in [2.24, 2.45) is 5.92 Å². The van der Waals surface area contributed by atoms with Gasteiger partial charge >= 0.3 is 6.03 Å². The monoisotopic (exact) mass is 363 g/mol. The van der Waals surface area contributed by atoms with Crippen LogP contribution < -0.4 is 10.6 Å². The molecular formula is C17H25N5O4. The van der Waals surface area contributed by atoms with E-state index in [4.69, 9.17) is 13.8 Å². The number of nitrogens with one attached hydrogen (secondary N) is 2. The lowest BCUT2D eigenvalue weighted by Crippen LogP contribution is -2.41. The number of carbonyl (C=O) groups excluding carboxylic acids is 1. The molecule has 2 N–H and O–H groups in total. The maximum Gasteiger partial charge on any atom is 0.315 e. The van der Waals surface area contributed by atoms with E-state index in [-0.39, 0.29) is 30.5 Å². The number of hydrogen-bond acceptors (Lipinski definition) is 7. The standard InChI is InChI=1S/C17H25N5O4/c1-10(2)15-20-16(26-22-15)14(12-4-6-24-7-5-12)19-17(23)18-9-13-8-11(3)21-25-13/h8,10,12,14H,4-7,9H2,1-3H3,(H2,18,19,23)/t14-/m0/s1. The summed E-state index contributed by atoms with van der Waals surface area (Å²) in [6, 6.07) is 1.11. The van der Waals surface area contributed by atoms with E-state index in [0.717, 1.165) is 18.5 Å². The predicted molar refractivity (Wildman–Crippen MR) is 91.3 cm³/mol. The summed E-state index contributed by atoms with van der Waals surface area (Å²) in [5.41, 5.74) is 0.773. The van der Waals surface area contributed by atoms with Crippen LogP contribution in [0.5, 0.6) is 0 Å². The third kappa shape index (κ3) is 4.60. The summed E-state index contributed by atoms with van der Waals surface area (Å²) in [5.74, 6) is 2.01. The zero-order valence-electron chi connectivity index (χ0n) is 15.3. The lowest BCUT2D eigenvalue weighted by molar-refractivity contribution is 0.0503. The lowest BCUT2D eigenvalue weighted by Gasteiger charge is -2.28. The van der Waals surface area contributed by atoms with Crippen molar-refractivity contribution < 1.29 is 18.6 Å². The van der Waals surface area contributed by atoms with Gasteiger partial charge in [0.05, 0.1) is 12.2 Å². The first-order valence-electron chi connectivity index (χ1n) is 8.90. The van der Waals surface area contributed by atoms with Crippen LogP contribution in [-0.2, 0) is 11.3 Å². The molecule has 2 aromatic rings. The van der Waals surface area contributed by atoms with E-state index in [0.29, 0.717) is 30.7 Å². The molecule has 0 spiro atoms. The molecule has 2 amide bonds. The zero-order chi connectivity index (χ0) is 18.5. The number of ether oxygens (including phenoxy) is 1. The van der Waals surface area contributed by atoms with Crippen molar-refractivity contribution in [2.75, 3.05) is 13.2 Å². The van der Waals surface area contributed by atoms with Gasteiger partial charge in [0.1, 0.15) is 6.04 Å². The van der Waals surface area contributed by atoms with Gasteiger partial charge in [0.25, 0.3) is 0 Å². The van der Waals surface area contributed by atoms with Crippen LogP contribution in [0.15, 0.2) is 15.1 Å². The molecule has 0 aliphatic carbocycles. The molecule has 0 unspecified atom stereocenters. The van der Waals surface area contributed by atoms with E-state index in [9.17, 15) is 4.79 Å². The van der Waals surface area contributed by atoms with E-state index < -0.39 is 0 Å². The second kappa shape index (κ2) is 8.31. The first-order valence-corrected chi connectivity index (χ1v) is 8.90. The molecule has 1 fully saturated rings. The van der Waals surface area contributed by atoms with Crippen LogP contribution in [0.25, 0.3) is 0 Å². The van der Waals surface area contributed by atoms with Gasteiger partial charge in [-0.3, -0.25) is 0 Å². The second-order valence-corrected chi connectivity index (χ2v) is 6.83. The minimum absolute atomic E-state index is 0.159. The largest absolute Gasteiger partial charge is 0.381 e. The van der Waals surface area contributed by atoms with E-state index in [1.165, 1.54) is 0 Å². The van der Waals surface area contributed by atoms with Crippen LogP contribution in [0.4, 0.5) is 4.79 Å². The van der Waals surface area contributed by atoms with Crippen molar-refractivity contribution in [2.45, 2.75) is 52.1 Å². The Morgan fingerprint density at radius 2 is 2.04 bits per heavy atom. The number of amides is 2. The van der Waals surface area contributed by atoms with E-state index in [1.54, 1.807) is 6.07 Å². The van der Waals surface area contributed by atoms with E-state index >= 15 is 0 Å². The molecule has 1 atom stereocenters. The number of urea groups is 1. The summed E-state index contributed by atoms with van der Waals surface area (Å²) in [6.07, 6.45) is 1.65. The molecular weight excluding hydrogens is 338 g/mol. The van der Waals surface area contributed by atoms with Crippen LogP contribution >= 0.6 is 0 Å². The fourth-order valence-corrected chi connectivity index (χ4v) is 2.90. The molecule has 1 aliphatic heterocycles. The molecule has 9 heteroatoms. The molecule has 3 heterocycles. The van der Waals surface area contributed by atoms with Crippen LogP contribution in [0.2, 0.25) is 0 Å². The molecule has 9 nitrogen and oxygen atoms in total. The Balaban J connectivity index is 1.66. The number of rotatable bonds is 6. The fraction of sp³-hybridized carbons (Fsp3) is 0.647. The fourth-order valence-electron chi connectivity index (χ4n) is 2.90. The number of carbonyl (C=O) groups is 1. The maximum absolute atomic E-state index is 12.4. The van der Waals surface area contributed by atoms with Gasteiger partial charge in [0, 0.05) is 25.2 Å². The van der Waals surface area contributed by atoms with Crippen molar-refractivity contribution in [3.8, 4) is 0 Å². The number of hydrogen-bond donors (Lipinski definition) is 2. The average molecular weight is 363 g/mol. The number of aryl methyl sites for hydroxylation is 1. The van der Waals surface area contributed by atoms with E-state index in [2.05, 4.69) is 25.9 Å². The molecule has 1 saturated heterocycles. The Morgan fingerprint density at radius 3 is 2.65 bits per heavy atom. The highest BCUT2D eigenvalue weighted by molar-refractivity contribution is 5.74. The minimum atomic E-state index is -0.352. The molecule has 1 aliphatic rings. The van der Waals surface area contributed by atoms with Gasteiger partial charge in [-0.2, -0.15) is 4.98 Å². The van der Waals surface area contributed by atoms with Crippen molar-refractivity contribution in [3.63, 3.8) is 0 Å². The first-order chi connectivity index (χ1) is 12.5. The number of nitrogens with zero attached hydrogens (tertiary/aromatic N) is 3. The second-order valence-electron chi connectivity index (χ2n) is 6.83. The average Bonchev–Trinajstić information content (AvgIpc) is 3.28. The predicted octanol–water partition coefficient (Wildman–Crippen LogP) is 2.46. The summed E-state index contributed by atoms with van der Waals surface area (Å²) in [5, 5.41) is 13.6. The SMILES string of the molecule is Cc1cc(CNC(=O)N[C@H](c2nc(C(C)C)no2)C2CCOCC2)on1. The lowest BCUT2D eigenvalue weighted by atomic mass is 9.91. The summed E-state index contributed by atoms with van der Waals surface area (Å²) >= 11 is 0. The topological polar surface area (TPSA) is 115 Å². The minimum Gasteiger partial charge on any atom is -0.381 e. The normalized spacial score (nSPS) is 16.6. The van der Waals surface area contributed by atoms with Gasteiger partial charge in [-0.25, -0.2) is 4.79 Å². The molecule has 2 aromatic heterocycles. The van der Waals surface area contributed by atoms with Crippen molar-refractivity contribution in [1.29, 1.82) is 0 Å². The molecule has 0 bridgehead atoms. The Morgan fingerprint density at radius 1 is 1.27 bits per heavy atom. The summed E-state index contributed by atoms with van der Waals surface area (Å²) < 4.78 is 16.0. The number of aromatic nitrogens is 3. The van der Waals surface area contributed by atoms with Crippen LogP contribution in [0, 0.1) is 12.8 Å². The summed E-state index contributed by atoms with van der Waals surface area (Å²) in [7, 11) is 0. The van der Waals surface area contributed by atoms with Crippen LogP contribution in [0.1, 0.15) is 61.8 Å². The Hall–Kier alpha value is -2.42. The van der Waals surface area contributed by atoms with Gasteiger partial charge in [-0.05, 0) is 25.7 Å². The van der Waals surface area contributed by atoms with Crippen molar-refractivity contribution >= 4 is 6.03 Å². The summed E-state index contributed by atoms with van der Waals surface area (Å²) in [4.78, 5) is 16.9. The third-order valence-electron chi connectivity index (χ3n) is 4.36. The van der Waals surface area contributed by atoms with Gasteiger partial charge in [-0.1, -0.05) is 24.2 Å².